The zero-order chi connectivity index (χ0) is 10.4. The van der Waals surface area contributed by atoms with Crippen LogP contribution < -0.4 is 0 Å². The highest BCUT2D eigenvalue weighted by atomic mass is 14.4. The van der Waals surface area contributed by atoms with E-state index in [-0.39, 0.29) is 0 Å². The molecule has 0 aromatic rings. The van der Waals surface area contributed by atoms with Gasteiger partial charge in [-0.1, -0.05) is 59.3 Å². The van der Waals surface area contributed by atoms with Crippen LogP contribution in [-0.4, -0.2) is 0 Å². The molecule has 0 spiro atoms. The molecule has 2 rings (SSSR count). The van der Waals surface area contributed by atoms with Gasteiger partial charge in [-0.15, -0.1) is 0 Å². The molecule has 0 saturated heterocycles. The van der Waals surface area contributed by atoms with E-state index >= 15 is 0 Å². The molecule has 0 radical (unpaired) electrons. The maximum atomic E-state index is 2.37. The molecule has 84 valence electrons. The van der Waals surface area contributed by atoms with E-state index in [1.807, 2.05) is 13.8 Å². The first-order valence-corrected chi connectivity index (χ1v) is 6.90. The van der Waals surface area contributed by atoms with E-state index in [0.717, 1.165) is 17.8 Å². The summed E-state index contributed by atoms with van der Waals surface area (Å²) in [5, 5.41) is 0. The Balaban J connectivity index is 0.000000461. The first-order valence-electron chi connectivity index (χ1n) is 6.90. The highest BCUT2D eigenvalue weighted by Crippen LogP contribution is 2.43. The first-order chi connectivity index (χ1) is 6.90. The van der Waals surface area contributed by atoms with Gasteiger partial charge in [-0.05, 0) is 30.6 Å². The summed E-state index contributed by atoms with van der Waals surface area (Å²) in [6.45, 7) is 6.37. The molecule has 0 aliphatic heterocycles. The van der Waals surface area contributed by atoms with Crippen LogP contribution in [-0.2, 0) is 0 Å². The van der Waals surface area contributed by atoms with Gasteiger partial charge in [0.2, 0.25) is 0 Å². The van der Waals surface area contributed by atoms with E-state index in [1.165, 1.54) is 25.7 Å². The van der Waals surface area contributed by atoms with Gasteiger partial charge in [0.05, 0.1) is 0 Å². The zero-order valence-corrected chi connectivity index (χ0v) is 10.4. The average Bonchev–Trinajstić information content (AvgIpc) is 2.31. The van der Waals surface area contributed by atoms with E-state index in [1.54, 1.807) is 25.7 Å². The highest BCUT2D eigenvalue weighted by Gasteiger charge is 2.30. The SMILES string of the molecule is CC.CCC1CCC2CCCCC2C1. The Hall–Kier alpha value is 0. The molecule has 0 heteroatoms. The van der Waals surface area contributed by atoms with Gasteiger partial charge in [-0.3, -0.25) is 0 Å². The van der Waals surface area contributed by atoms with Crippen LogP contribution in [0, 0.1) is 17.8 Å². The van der Waals surface area contributed by atoms with E-state index in [2.05, 4.69) is 6.92 Å². The lowest BCUT2D eigenvalue weighted by Crippen LogP contribution is -2.27. The molecule has 2 saturated carbocycles. The molecule has 2 aliphatic carbocycles. The van der Waals surface area contributed by atoms with Crippen molar-refractivity contribution in [2.45, 2.75) is 72.1 Å². The fraction of sp³-hybridized carbons (Fsp3) is 1.00. The van der Waals surface area contributed by atoms with Gasteiger partial charge in [-0.25, -0.2) is 0 Å². The molecule has 0 amide bonds. The summed E-state index contributed by atoms with van der Waals surface area (Å²) in [7, 11) is 0. The van der Waals surface area contributed by atoms with Crippen LogP contribution in [0.2, 0.25) is 0 Å². The summed E-state index contributed by atoms with van der Waals surface area (Å²) in [4.78, 5) is 0. The van der Waals surface area contributed by atoms with Crippen molar-refractivity contribution in [3.05, 3.63) is 0 Å². The molecule has 0 heterocycles. The number of hydrogen-bond donors (Lipinski definition) is 0. The quantitative estimate of drug-likeness (QED) is 0.552. The minimum atomic E-state index is 1.09. The van der Waals surface area contributed by atoms with Crippen LogP contribution in [0.4, 0.5) is 0 Å². The third-order valence-corrected chi connectivity index (χ3v) is 4.23. The van der Waals surface area contributed by atoms with Crippen molar-refractivity contribution in [2.75, 3.05) is 0 Å². The Kier molecular flexibility index (Phi) is 5.59. The van der Waals surface area contributed by atoms with Crippen molar-refractivity contribution in [1.82, 2.24) is 0 Å². The lowest BCUT2D eigenvalue weighted by Gasteiger charge is -2.39. The molecule has 0 bridgehead atoms. The van der Waals surface area contributed by atoms with Crippen LogP contribution in [0.1, 0.15) is 72.1 Å². The molecular weight excluding hydrogens is 168 g/mol. The van der Waals surface area contributed by atoms with Crippen molar-refractivity contribution in [2.24, 2.45) is 17.8 Å². The van der Waals surface area contributed by atoms with Gasteiger partial charge in [0, 0.05) is 0 Å². The van der Waals surface area contributed by atoms with Gasteiger partial charge in [-0.2, -0.15) is 0 Å². The second kappa shape index (κ2) is 6.48. The summed E-state index contributed by atoms with van der Waals surface area (Å²) >= 11 is 0. The topological polar surface area (TPSA) is 0 Å². The van der Waals surface area contributed by atoms with Crippen molar-refractivity contribution in [3.8, 4) is 0 Å². The maximum absolute atomic E-state index is 2.37. The minimum absolute atomic E-state index is 1.09. The van der Waals surface area contributed by atoms with Gasteiger partial charge < -0.3 is 0 Å². The normalized spacial score (nSPS) is 36.6. The van der Waals surface area contributed by atoms with Crippen LogP contribution in [0.25, 0.3) is 0 Å². The average molecular weight is 196 g/mol. The third kappa shape index (κ3) is 3.00. The lowest BCUT2D eigenvalue weighted by molar-refractivity contribution is 0.128. The Morgan fingerprint density at radius 1 is 0.857 bits per heavy atom. The minimum Gasteiger partial charge on any atom is -0.0683 e. The molecule has 0 aromatic heterocycles. The highest BCUT2D eigenvalue weighted by molar-refractivity contribution is 4.82. The predicted molar refractivity (Wildman–Crippen MR) is 64.4 cm³/mol. The second-order valence-electron chi connectivity index (χ2n) is 4.89. The molecule has 3 atom stereocenters. The fourth-order valence-corrected chi connectivity index (χ4v) is 3.34. The molecule has 0 N–H and O–H groups in total. The van der Waals surface area contributed by atoms with Crippen molar-refractivity contribution in [3.63, 3.8) is 0 Å². The van der Waals surface area contributed by atoms with Crippen LogP contribution in [0.15, 0.2) is 0 Å². The Labute approximate surface area is 90.5 Å². The van der Waals surface area contributed by atoms with E-state index in [9.17, 15) is 0 Å². The Bertz CT molecular complexity index is 139. The second-order valence-corrected chi connectivity index (χ2v) is 4.89. The van der Waals surface area contributed by atoms with Crippen LogP contribution in [0.5, 0.6) is 0 Å². The molecule has 0 nitrogen and oxygen atoms in total. The Morgan fingerprint density at radius 2 is 1.50 bits per heavy atom. The van der Waals surface area contributed by atoms with Crippen molar-refractivity contribution < 1.29 is 0 Å². The molecule has 2 aliphatic rings. The maximum Gasteiger partial charge on any atom is -0.0383 e. The number of hydrogen-bond acceptors (Lipinski definition) is 0. The number of fused-ring (bicyclic) bond motifs is 1. The molecule has 2 fully saturated rings. The van der Waals surface area contributed by atoms with Crippen LogP contribution in [0.3, 0.4) is 0 Å². The summed E-state index contributed by atoms with van der Waals surface area (Å²) in [6.07, 6.45) is 12.3. The summed E-state index contributed by atoms with van der Waals surface area (Å²) in [5.41, 5.74) is 0. The van der Waals surface area contributed by atoms with Gasteiger partial charge in [0.25, 0.3) is 0 Å². The fourth-order valence-electron chi connectivity index (χ4n) is 3.34. The van der Waals surface area contributed by atoms with Crippen molar-refractivity contribution >= 4 is 0 Å². The summed E-state index contributed by atoms with van der Waals surface area (Å²) in [5.74, 6) is 3.36. The van der Waals surface area contributed by atoms with Gasteiger partial charge >= 0.3 is 0 Å². The Morgan fingerprint density at radius 3 is 2.14 bits per heavy atom. The molecule has 0 aromatic carbocycles. The lowest BCUT2D eigenvalue weighted by atomic mass is 9.67. The van der Waals surface area contributed by atoms with Gasteiger partial charge in [0.1, 0.15) is 0 Å². The standard InChI is InChI=1S/C12H22.C2H6/c1-2-10-7-8-11-5-3-4-6-12(11)9-10;1-2/h10-12H,2-9H2,1H3;1-2H3. The molecule has 3 unspecified atom stereocenters. The molecule has 14 heavy (non-hydrogen) atoms. The smallest absolute Gasteiger partial charge is 0.0383 e. The monoisotopic (exact) mass is 196 g/mol. The van der Waals surface area contributed by atoms with E-state index < -0.39 is 0 Å². The van der Waals surface area contributed by atoms with E-state index in [4.69, 9.17) is 0 Å². The third-order valence-electron chi connectivity index (χ3n) is 4.23. The predicted octanol–water partition coefficient (Wildman–Crippen LogP) is 5.03. The largest absolute Gasteiger partial charge is 0.0683 e. The van der Waals surface area contributed by atoms with Crippen molar-refractivity contribution in [1.29, 1.82) is 0 Å². The number of rotatable bonds is 1. The molecular formula is C14H28. The van der Waals surface area contributed by atoms with Gasteiger partial charge in [0.15, 0.2) is 0 Å². The van der Waals surface area contributed by atoms with E-state index in [0.29, 0.717) is 0 Å². The first kappa shape index (κ1) is 12.1. The summed E-state index contributed by atoms with van der Waals surface area (Å²) in [6, 6.07) is 0. The summed E-state index contributed by atoms with van der Waals surface area (Å²) < 4.78 is 0. The van der Waals surface area contributed by atoms with Crippen LogP contribution >= 0.6 is 0 Å². The zero-order valence-electron chi connectivity index (χ0n) is 10.4.